The van der Waals surface area contributed by atoms with E-state index in [-0.39, 0.29) is 0 Å². The summed E-state index contributed by atoms with van der Waals surface area (Å²) >= 11 is 0. The van der Waals surface area contributed by atoms with E-state index in [1.165, 1.54) is 28.6 Å². The molecule has 1 fully saturated rings. The van der Waals surface area contributed by atoms with E-state index in [0.717, 1.165) is 51.0 Å². The average Bonchev–Trinajstić information content (AvgIpc) is 2.96. The number of nitrogens with one attached hydrogen (secondary N) is 1. The molecule has 0 spiro atoms. The number of hydrogen-bond donors (Lipinski definition) is 1. The first-order chi connectivity index (χ1) is 11.8. The molecule has 0 saturated carbocycles. The Morgan fingerprint density at radius 3 is 2.62 bits per heavy atom. The first kappa shape index (κ1) is 14.9. The number of carbonyl (C=O) groups is 1. The Morgan fingerprint density at radius 2 is 1.88 bits per heavy atom. The second-order valence-electron chi connectivity index (χ2n) is 6.33. The summed E-state index contributed by atoms with van der Waals surface area (Å²) < 4.78 is 2.05. The molecule has 3 heterocycles. The number of rotatable bonds is 2. The van der Waals surface area contributed by atoms with Crippen molar-refractivity contribution in [2.24, 2.45) is 0 Å². The Labute approximate surface area is 141 Å². The molecule has 0 unspecified atom stereocenters. The highest BCUT2D eigenvalue weighted by Crippen LogP contribution is 2.35. The van der Waals surface area contributed by atoms with Crippen LogP contribution < -0.4 is 0 Å². The van der Waals surface area contributed by atoms with E-state index in [1.54, 1.807) is 6.20 Å². The smallest absolute Gasteiger partial charge is 0.168 e. The topological polar surface area (TPSA) is 62.0 Å². The third-order valence-electron chi connectivity index (χ3n) is 5.06. The molecule has 5 heteroatoms. The van der Waals surface area contributed by atoms with Crippen molar-refractivity contribution in [2.45, 2.75) is 25.8 Å². The molecule has 0 bridgehead atoms. The lowest BCUT2D eigenvalue weighted by Gasteiger charge is -2.28. The maximum Gasteiger partial charge on any atom is 0.168 e. The van der Waals surface area contributed by atoms with Gasteiger partial charge in [0, 0.05) is 25.2 Å². The van der Waals surface area contributed by atoms with Crippen LogP contribution in [0.1, 0.15) is 40.3 Å². The summed E-state index contributed by atoms with van der Waals surface area (Å²) in [6, 6.07) is 8.50. The molecule has 1 aromatic carbocycles. The number of aldehydes is 1. The maximum absolute atomic E-state index is 11.4. The van der Waals surface area contributed by atoms with Gasteiger partial charge >= 0.3 is 0 Å². The van der Waals surface area contributed by atoms with E-state index in [4.69, 9.17) is 5.41 Å². The minimum atomic E-state index is 0.646. The fourth-order valence-corrected chi connectivity index (χ4v) is 3.77. The molecule has 2 aliphatic heterocycles. The summed E-state index contributed by atoms with van der Waals surface area (Å²) in [7, 11) is 0. The second-order valence-corrected chi connectivity index (χ2v) is 6.33. The first-order valence-corrected chi connectivity index (χ1v) is 8.38. The lowest BCUT2D eigenvalue weighted by atomic mass is 9.90. The second kappa shape index (κ2) is 6.07. The van der Waals surface area contributed by atoms with Gasteiger partial charge in [0.2, 0.25) is 0 Å². The number of aryl methyl sites for hydroxylation is 1. The molecule has 0 atom stereocenters. The summed E-state index contributed by atoms with van der Waals surface area (Å²) in [5, 5.41) is 7.43. The molecule has 24 heavy (non-hydrogen) atoms. The van der Waals surface area contributed by atoms with Crippen LogP contribution in [0.25, 0.3) is 5.57 Å². The summed E-state index contributed by atoms with van der Waals surface area (Å²) in [6.45, 7) is 2.52. The van der Waals surface area contributed by atoms with Crippen molar-refractivity contribution in [3.63, 3.8) is 0 Å². The molecule has 2 aliphatic rings. The highest BCUT2D eigenvalue weighted by Gasteiger charge is 2.25. The van der Waals surface area contributed by atoms with Crippen LogP contribution in [0.5, 0.6) is 0 Å². The minimum absolute atomic E-state index is 0.646. The van der Waals surface area contributed by atoms with Crippen molar-refractivity contribution < 1.29 is 4.79 Å². The van der Waals surface area contributed by atoms with Crippen molar-refractivity contribution in [3.05, 3.63) is 58.7 Å². The van der Waals surface area contributed by atoms with Crippen LogP contribution in [0.4, 0.5) is 0 Å². The Hall–Kier alpha value is -2.69. The Morgan fingerprint density at radius 1 is 1.08 bits per heavy atom. The molecule has 0 amide bonds. The molecule has 2 aromatic rings. The molecule has 1 aromatic heterocycles. The highest BCUT2D eigenvalue weighted by atomic mass is 16.1. The number of piperidine rings is 1. The quantitative estimate of drug-likeness (QED) is 0.526. The average molecular weight is 320 g/mol. The fourth-order valence-electron chi connectivity index (χ4n) is 3.77. The standard InChI is InChI=1S/C19H20N4O/c20-13-22-8-5-15(6-9-22)18-17-4-2-1-3-14(17)7-10-23-16(12-24)11-21-19(18)23/h1-4,11-13,20H,5-10H2. The van der Waals surface area contributed by atoms with E-state index < -0.39 is 0 Å². The largest absolute Gasteiger partial charge is 0.363 e. The van der Waals surface area contributed by atoms with Gasteiger partial charge < -0.3 is 9.47 Å². The lowest BCUT2D eigenvalue weighted by Crippen LogP contribution is -2.29. The van der Waals surface area contributed by atoms with Crippen LogP contribution in [0, 0.1) is 5.41 Å². The van der Waals surface area contributed by atoms with Crippen LogP contribution in [0.2, 0.25) is 0 Å². The number of benzene rings is 1. The zero-order valence-corrected chi connectivity index (χ0v) is 13.5. The van der Waals surface area contributed by atoms with Crippen molar-refractivity contribution in [1.29, 1.82) is 5.41 Å². The summed E-state index contributed by atoms with van der Waals surface area (Å²) in [5.41, 5.74) is 5.79. The van der Waals surface area contributed by atoms with Gasteiger partial charge in [-0.05, 0) is 30.4 Å². The Bertz CT molecular complexity index is 824. The molecule has 0 aliphatic carbocycles. The first-order valence-electron chi connectivity index (χ1n) is 8.38. The van der Waals surface area contributed by atoms with Crippen molar-refractivity contribution in [3.8, 4) is 0 Å². The summed E-state index contributed by atoms with van der Waals surface area (Å²) in [4.78, 5) is 18.0. The van der Waals surface area contributed by atoms with Crippen LogP contribution >= 0.6 is 0 Å². The van der Waals surface area contributed by atoms with E-state index in [1.807, 2.05) is 4.90 Å². The zero-order valence-electron chi connectivity index (χ0n) is 13.5. The monoisotopic (exact) mass is 320 g/mol. The molecule has 1 N–H and O–H groups in total. The molecular weight excluding hydrogens is 300 g/mol. The number of imidazole rings is 1. The van der Waals surface area contributed by atoms with Gasteiger partial charge in [0.05, 0.1) is 12.5 Å². The van der Waals surface area contributed by atoms with Crippen molar-refractivity contribution in [1.82, 2.24) is 14.5 Å². The third kappa shape index (κ3) is 2.37. The number of aromatic nitrogens is 2. The molecule has 1 saturated heterocycles. The van der Waals surface area contributed by atoms with Gasteiger partial charge in [0.25, 0.3) is 0 Å². The number of nitrogens with zero attached hydrogens (tertiary/aromatic N) is 3. The SMILES string of the molecule is N=CN1CCC(=C2c3ccccc3CCn3c(C=O)cnc32)CC1. The minimum Gasteiger partial charge on any atom is -0.363 e. The summed E-state index contributed by atoms with van der Waals surface area (Å²) in [6.07, 6.45) is 6.78. The fraction of sp³-hybridized carbons (Fsp3) is 0.316. The Kier molecular flexibility index (Phi) is 3.76. The van der Waals surface area contributed by atoms with Gasteiger partial charge in [0.15, 0.2) is 6.29 Å². The lowest BCUT2D eigenvalue weighted by molar-refractivity contribution is 0.111. The van der Waals surface area contributed by atoms with Crippen LogP contribution in [-0.2, 0) is 13.0 Å². The van der Waals surface area contributed by atoms with Gasteiger partial charge in [-0.25, -0.2) is 4.98 Å². The van der Waals surface area contributed by atoms with E-state index >= 15 is 0 Å². The molecule has 5 nitrogen and oxygen atoms in total. The molecule has 0 radical (unpaired) electrons. The number of likely N-dealkylation sites (tertiary alicyclic amines) is 1. The normalized spacial score (nSPS) is 17.1. The van der Waals surface area contributed by atoms with Gasteiger partial charge in [-0.1, -0.05) is 29.8 Å². The van der Waals surface area contributed by atoms with E-state index in [2.05, 4.69) is 33.8 Å². The van der Waals surface area contributed by atoms with Crippen LogP contribution in [0.15, 0.2) is 36.0 Å². The zero-order chi connectivity index (χ0) is 16.5. The molecular formula is C19H20N4O. The van der Waals surface area contributed by atoms with Gasteiger partial charge in [0.1, 0.15) is 11.5 Å². The van der Waals surface area contributed by atoms with Gasteiger partial charge in [-0.3, -0.25) is 10.2 Å². The van der Waals surface area contributed by atoms with Gasteiger partial charge in [-0.15, -0.1) is 0 Å². The number of carbonyl (C=O) groups excluding carboxylic acids is 1. The maximum atomic E-state index is 11.4. The van der Waals surface area contributed by atoms with E-state index in [9.17, 15) is 4.79 Å². The number of fused-ring (bicyclic) bond motifs is 2. The van der Waals surface area contributed by atoms with Gasteiger partial charge in [-0.2, -0.15) is 0 Å². The predicted molar refractivity (Wildman–Crippen MR) is 93.4 cm³/mol. The molecule has 4 rings (SSSR count). The third-order valence-corrected chi connectivity index (χ3v) is 5.06. The van der Waals surface area contributed by atoms with Crippen LogP contribution in [-0.4, -0.2) is 40.2 Å². The Balaban J connectivity index is 1.90. The molecule has 122 valence electrons. The number of hydrogen-bond acceptors (Lipinski definition) is 3. The van der Waals surface area contributed by atoms with Crippen molar-refractivity contribution >= 4 is 18.2 Å². The van der Waals surface area contributed by atoms with E-state index in [0.29, 0.717) is 5.69 Å². The predicted octanol–water partition coefficient (Wildman–Crippen LogP) is 2.76. The highest BCUT2D eigenvalue weighted by molar-refractivity contribution is 5.83. The summed E-state index contributed by atoms with van der Waals surface area (Å²) in [5.74, 6) is 0.917. The van der Waals surface area contributed by atoms with Crippen LogP contribution in [0.3, 0.4) is 0 Å². The van der Waals surface area contributed by atoms with Crippen molar-refractivity contribution in [2.75, 3.05) is 13.1 Å².